The molecule has 0 atom stereocenters. The van der Waals surface area contributed by atoms with Crippen LogP contribution in [0.4, 0.5) is 0 Å². The number of hydrogen-bond donors (Lipinski definition) is 0. The Morgan fingerprint density at radius 2 is 0.600 bits per heavy atom. The molecule has 0 bridgehead atoms. The predicted octanol–water partition coefficient (Wildman–Crippen LogP) is 10.8. The monoisotopic (exact) mass is 424 g/mol. The molecule has 1 nitrogen and oxygen atoms in total. The normalized spacial score (nSPS) is 11.6. The van der Waals surface area contributed by atoms with E-state index in [0.717, 1.165) is 6.61 Å². The molecule has 0 aliphatic rings. The molecule has 0 radical (unpaired) electrons. The molecule has 0 rings (SSSR count). The van der Waals surface area contributed by atoms with Gasteiger partial charge in [-0.3, -0.25) is 0 Å². The average molecular weight is 425 g/mol. The van der Waals surface area contributed by atoms with Crippen molar-refractivity contribution < 1.29 is 4.74 Å². The Bertz CT molecular complexity index is 286. The molecule has 182 valence electrons. The van der Waals surface area contributed by atoms with Gasteiger partial charge >= 0.3 is 0 Å². The smallest absolute Gasteiger partial charge is 0.0518 e. The Kier molecular flexibility index (Phi) is 27.0. The molecule has 0 amide bonds. The molecule has 0 aliphatic carbocycles. The van der Waals surface area contributed by atoms with Gasteiger partial charge in [-0.1, -0.05) is 155 Å². The van der Waals surface area contributed by atoms with E-state index in [-0.39, 0.29) is 0 Å². The van der Waals surface area contributed by atoms with Crippen molar-refractivity contribution in [2.45, 2.75) is 181 Å². The number of rotatable bonds is 26. The number of hydrogen-bond acceptors (Lipinski definition) is 1. The van der Waals surface area contributed by atoms with Crippen LogP contribution in [0.1, 0.15) is 175 Å². The van der Waals surface area contributed by atoms with E-state index in [4.69, 9.17) is 4.74 Å². The van der Waals surface area contributed by atoms with Gasteiger partial charge in [-0.25, -0.2) is 0 Å². The molecule has 0 aliphatic heterocycles. The lowest BCUT2D eigenvalue weighted by molar-refractivity contribution is 0.0756. The third-order valence-electron chi connectivity index (χ3n) is 6.45. The van der Waals surface area contributed by atoms with Gasteiger partial charge in [-0.2, -0.15) is 0 Å². The lowest BCUT2D eigenvalue weighted by Gasteiger charge is -2.07. The molecular formula is C29H60O. The minimum Gasteiger partial charge on any atom is -0.379 e. The van der Waals surface area contributed by atoms with Crippen molar-refractivity contribution in [1.82, 2.24) is 0 Å². The van der Waals surface area contributed by atoms with Crippen LogP contribution < -0.4 is 0 Å². The number of unbranched alkanes of at least 4 members (excludes halogenated alkanes) is 23. The average Bonchev–Trinajstić information content (AvgIpc) is 2.73. The highest BCUT2D eigenvalue weighted by Crippen LogP contribution is 2.15. The maximum atomic E-state index is 5.59. The zero-order chi connectivity index (χ0) is 22.0. The van der Waals surface area contributed by atoms with Crippen LogP contribution in [0.2, 0.25) is 0 Å². The Morgan fingerprint density at radius 1 is 0.367 bits per heavy atom. The van der Waals surface area contributed by atoms with Crippen LogP contribution in [0.3, 0.4) is 0 Å². The topological polar surface area (TPSA) is 9.23 Å². The molecule has 0 heterocycles. The van der Waals surface area contributed by atoms with Crippen LogP contribution in [0.5, 0.6) is 0 Å². The summed E-state index contributed by atoms with van der Waals surface area (Å²) in [4.78, 5) is 0. The molecule has 0 aromatic rings. The van der Waals surface area contributed by atoms with Gasteiger partial charge < -0.3 is 4.74 Å². The fourth-order valence-electron chi connectivity index (χ4n) is 4.38. The first kappa shape index (κ1) is 30.0. The molecule has 0 spiro atoms. The zero-order valence-electron chi connectivity index (χ0n) is 21.7. The fourth-order valence-corrected chi connectivity index (χ4v) is 4.38. The largest absolute Gasteiger partial charge is 0.379 e. The summed E-state index contributed by atoms with van der Waals surface area (Å²) >= 11 is 0. The van der Waals surface area contributed by atoms with Crippen LogP contribution in [-0.2, 0) is 4.74 Å². The van der Waals surface area contributed by atoms with Crippen LogP contribution >= 0.6 is 0 Å². The standard InChI is InChI=1S/C29H60O/c1-4-5-6-7-8-9-10-11-12-13-14-15-16-17-18-19-20-21-22-23-24-25-26-27-28-30-29(2)3/h29H,4-28H2,1-3H3. The van der Waals surface area contributed by atoms with Gasteiger partial charge in [0.1, 0.15) is 0 Å². The SMILES string of the molecule is CCCCCCCCCCCCCCCCCCCCCCCCCCOC(C)C. The summed E-state index contributed by atoms with van der Waals surface area (Å²) in [5, 5.41) is 0. The summed E-state index contributed by atoms with van der Waals surface area (Å²) in [6.07, 6.45) is 35.2. The maximum Gasteiger partial charge on any atom is 0.0518 e. The predicted molar refractivity (Wildman–Crippen MR) is 138 cm³/mol. The van der Waals surface area contributed by atoms with E-state index < -0.39 is 0 Å². The van der Waals surface area contributed by atoms with Gasteiger partial charge in [0.25, 0.3) is 0 Å². The molecular weight excluding hydrogens is 364 g/mol. The molecule has 0 aromatic heterocycles. The van der Waals surface area contributed by atoms with Crippen molar-refractivity contribution in [3.63, 3.8) is 0 Å². The lowest BCUT2D eigenvalue weighted by atomic mass is 10.0. The summed E-state index contributed by atoms with van der Waals surface area (Å²) in [5.41, 5.74) is 0. The highest BCUT2D eigenvalue weighted by atomic mass is 16.5. The summed E-state index contributed by atoms with van der Waals surface area (Å²) in [7, 11) is 0. The molecule has 0 N–H and O–H groups in total. The Morgan fingerprint density at radius 3 is 0.833 bits per heavy atom. The van der Waals surface area contributed by atoms with E-state index in [1.165, 1.54) is 154 Å². The van der Waals surface area contributed by atoms with E-state index in [1.807, 2.05) is 0 Å². The van der Waals surface area contributed by atoms with Crippen LogP contribution in [-0.4, -0.2) is 12.7 Å². The lowest BCUT2D eigenvalue weighted by Crippen LogP contribution is -2.03. The summed E-state index contributed by atoms with van der Waals surface area (Å²) < 4.78 is 5.59. The van der Waals surface area contributed by atoms with Gasteiger partial charge in [-0.05, 0) is 20.3 Å². The van der Waals surface area contributed by atoms with E-state index in [0.29, 0.717) is 6.10 Å². The molecule has 30 heavy (non-hydrogen) atoms. The quantitative estimate of drug-likeness (QED) is 0.125. The second-order valence-corrected chi connectivity index (χ2v) is 10.1. The first-order valence-electron chi connectivity index (χ1n) is 14.4. The second kappa shape index (κ2) is 27.0. The first-order chi connectivity index (χ1) is 14.8. The van der Waals surface area contributed by atoms with Crippen molar-refractivity contribution in [2.24, 2.45) is 0 Å². The third-order valence-corrected chi connectivity index (χ3v) is 6.45. The van der Waals surface area contributed by atoms with Crippen molar-refractivity contribution in [3.05, 3.63) is 0 Å². The Labute approximate surface area is 192 Å². The minimum atomic E-state index is 0.398. The first-order valence-corrected chi connectivity index (χ1v) is 14.4. The van der Waals surface area contributed by atoms with Gasteiger partial charge in [0.15, 0.2) is 0 Å². The highest BCUT2D eigenvalue weighted by molar-refractivity contribution is 4.51. The van der Waals surface area contributed by atoms with Gasteiger partial charge in [-0.15, -0.1) is 0 Å². The Hall–Kier alpha value is -0.0400. The minimum absolute atomic E-state index is 0.398. The van der Waals surface area contributed by atoms with Crippen LogP contribution in [0.15, 0.2) is 0 Å². The van der Waals surface area contributed by atoms with Crippen LogP contribution in [0.25, 0.3) is 0 Å². The maximum absolute atomic E-state index is 5.59. The van der Waals surface area contributed by atoms with Crippen molar-refractivity contribution >= 4 is 0 Å². The number of ether oxygens (including phenoxy) is 1. The van der Waals surface area contributed by atoms with Crippen LogP contribution in [0, 0.1) is 0 Å². The van der Waals surface area contributed by atoms with Gasteiger partial charge in [0, 0.05) is 6.61 Å². The van der Waals surface area contributed by atoms with Gasteiger partial charge in [0.2, 0.25) is 0 Å². The Balaban J connectivity index is 2.99. The van der Waals surface area contributed by atoms with E-state index in [9.17, 15) is 0 Å². The van der Waals surface area contributed by atoms with Crippen molar-refractivity contribution in [2.75, 3.05) is 6.61 Å². The van der Waals surface area contributed by atoms with Crippen molar-refractivity contribution in [3.8, 4) is 0 Å². The van der Waals surface area contributed by atoms with Gasteiger partial charge in [0.05, 0.1) is 6.10 Å². The summed E-state index contributed by atoms with van der Waals surface area (Å²) in [6.45, 7) is 7.51. The fraction of sp³-hybridized carbons (Fsp3) is 1.00. The molecule has 0 aromatic carbocycles. The third kappa shape index (κ3) is 28.0. The second-order valence-electron chi connectivity index (χ2n) is 10.1. The molecule has 0 saturated heterocycles. The molecule has 1 heteroatoms. The van der Waals surface area contributed by atoms with E-state index in [1.54, 1.807) is 0 Å². The summed E-state index contributed by atoms with van der Waals surface area (Å²) in [6, 6.07) is 0. The highest BCUT2D eigenvalue weighted by Gasteiger charge is 1.97. The molecule has 0 fully saturated rings. The molecule has 0 unspecified atom stereocenters. The van der Waals surface area contributed by atoms with E-state index in [2.05, 4.69) is 20.8 Å². The van der Waals surface area contributed by atoms with E-state index >= 15 is 0 Å². The summed E-state index contributed by atoms with van der Waals surface area (Å²) in [5.74, 6) is 0. The molecule has 0 saturated carbocycles. The van der Waals surface area contributed by atoms with Crippen molar-refractivity contribution in [1.29, 1.82) is 0 Å². The zero-order valence-corrected chi connectivity index (χ0v) is 21.7.